The first-order valence-electron chi connectivity index (χ1n) is 8.17. The molecule has 0 bridgehead atoms. The summed E-state index contributed by atoms with van der Waals surface area (Å²) < 4.78 is 10.6. The molecule has 0 aliphatic carbocycles. The number of phenolic OH excluding ortho intramolecular Hbond substituents is 1. The zero-order chi connectivity index (χ0) is 18.1. The Labute approximate surface area is 151 Å². The fraction of sp³-hybridized carbons (Fsp3) is 0.562. The lowest BCUT2D eigenvalue weighted by Gasteiger charge is -2.27. The van der Waals surface area contributed by atoms with Crippen LogP contribution in [0.1, 0.15) is 0 Å². The third-order valence-electron chi connectivity index (χ3n) is 3.62. The summed E-state index contributed by atoms with van der Waals surface area (Å²) in [6, 6.07) is 4.39. The number of nitrogens with zero attached hydrogens (tertiary/aromatic N) is 1. The summed E-state index contributed by atoms with van der Waals surface area (Å²) in [7, 11) is 0. The Morgan fingerprint density at radius 2 is 2.12 bits per heavy atom. The second-order valence-electron chi connectivity index (χ2n) is 5.61. The number of urea groups is 1. The minimum Gasteiger partial charge on any atom is -0.506 e. The molecule has 1 aromatic rings. The quantitative estimate of drug-likeness (QED) is 0.492. The molecule has 1 atom stereocenters. The van der Waals surface area contributed by atoms with Gasteiger partial charge in [0.25, 0.3) is 0 Å². The van der Waals surface area contributed by atoms with Gasteiger partial charge in [-0.3, -0.25) is 0 Å². The van der Waals surface area contributed by atoms with Crippen molar-refractivity contribution in [3.63, 3.8) is 0 Å². The number of morpholine rings is 1. The van der Waals surface area contributed by atoms with Crippen LogP contribution in [-0.2, 0) is 4.74 Å². The number of hydrogen-bond acceptors (Lipinski definition) is 6. The summed E-state index contributed by atoms with van der Waals surface area (Å²) in [6.07, 6.45) is -0.706. The van der Waals surface area contributed by atoms with Crippen LogP contribution in [0.4, 0.5) is 4.79 Å². The van der Waals surface area contributed by atoms with E-state index in [1.54, 1.807) is 11.0 Å². The fourth-order valence-electron chi connectivity index (χ4n) is 2.23. The monoisotopic (exact) mass is 373 g/mol. The van der Waals surface area contributed by atoms with Gasteiger partial charge in [-0.25, -0.2) is 4.79 Å². The van der Waals surface area contributed by atoms with Crippen molar-refractivity contribution in [3.8, 4) is 11.5 Å². The average Bonchev–Trinajstić information content (AvgIpc) is 2.63. The van der Waals surface area contributed by atoms with E-state index in [4.69, 9.17) is 21.1 Å². The fourth-order valence-corrected chi connectivity index (χ4v) is 2.40. The van der Waals surface area contributed by atoms with Gasteiger partial charge in [0.1, 0.15) is 24.2 Å². The van der Waals surface area contributed by atoms with Crippen molar-refractivity contribution in [3.05, 3.63) is 23.2 Å². The molecule has 1 aromatic carbocycles. The number of rotatable bonds is 8. The molecule has 2 rings (SSSR count). The van der Waals surface area contributed by atoms with E-state index in [2.05, 4.69) is 10.6 Å². The third-order valence-corrected chi connectivity index (χ3v) is 3.92. The van der Waals surface area contributed by atoms with Crippen molar-refractivity contribution in [2.24, 2.45) is 0 Å². The van der Waals surface area contributed by atoms with E-state index in [1.165, 1.54) is 12.1 Å². The number of hydrogen-bond donors (Lipinski definition) is 4. The molecule has 1 aliphatic rings. The number of aromatic hydroxyl groups is 1. The zero-order valence-electron chi connectivity index (χ0n) is 13.9. The number of aliphatic hydroxyl groups excluding tert-OH is 1. The number of amides is 2. The molecule has 25 heavy (non-hydrogen) atoms. The summed E-state index contributed by atoms with van der Waals surface area (Å²) >= 11 is 5.78. The molecule has 0 spiro atoms. The van der Waals surface area contributed by atoms with Gasteiger partial charge < -0.3 is 35.2 Å². The van der Waals surface area contributed by atoms with Crippen LogP contribution in [0, 0.1) is 0 Å². The summed E-state index contributed by atoms with van der Waals surface area (Å²) in [5, 5.41) is 25.2. The Balaban J connectivity index is 1.53. The third kappa shape index (κ3) is 6.95. The predicted octanol–water partition coefficient (Wildman–Crippen LogP) is 0.417. The number of halogens is 1. The number of benzene rings is 1. The first-order chi connectivity index (χ1) is 12.1. The highest BCUT2D eigenvalue weighted by Gasteiger charge is 2.15. The first kappa shape index (κ1) is 19.6. The van der Waals surface area contributed by atoms with Gasteiger partial charge in [0.15, 0.2) is 0 Å². The maximum Gasteiger partial charge on any atom is 0.317 e. The van der Waals surface area contributed by atoms with Gasteiger partial charge in [-0.05, 0) is 12.1 Å². The van der Waals surface area contributed by atoms with E-state index in [0.717, 1.165) is 0 Å². The number of aliphatic hydroxyl groups is 1. The SMILES string of the molecule is O=C(NCCNC[C@H](O)COc1ccc(O)c(Cl)c1)N1CCOCC1. The number of nitrogens with one attached hydrogen (secondary N) is 2. The molecule has 0 aromatic heterocycles. The van der Waals surface area contributed by atoms with E-state index in [0.29, 0.717) is 51.7 Å². The highest BCUT2D eigenvalue weighted by Crippen LogP contribution is 2.27. The van der Waals surface area contributed by atoms with Crippen LogP contribution in [0.15, 0.2) is 18.2 Å². The molecular weight excluding hydrogens is 350 g/mol. The molecular formula is C16H24ClN3O5. The van der Waals surface area contributed by atoms with Crippen molar-refractivity contribution in [1.82, 2.24) is 15.5 Å². The van der Waals surface area contributed by atoms with Crippen LogP contribution in [0.2, 0.25) is 5.02 Å². The number of ether oxygens (including phenoxy) is 2. The van der Waals surface area contributed by atoms with E-state index < -0.39 is 6.10 Å². The van der Waals surface area contributed by atoms with E-state index in [9.17, 15) is 15.0 Å². The predicted molar refractivity (Wildman–Crippen MR) is 93.3 cm³/mol. The molecule has 1 saturated heterocycles. The van der Waals surface area contributed by atoms with Crippen LogP contribution in [0.25, 0.3) is 0 Å². The molecule has 9 heteroatoms. The summed E-state index contributed by atoms with van der Waals surface area (Å²) in [5.74, 6) is 0.454. The van der Waals surface area contributed by atoms with E-state index in [-0.39, 0.29) is 23.4 Å². The molecule has 2 amide bonds. The van der Waals surface area contributed by atoms with E-state index in [1.807, 2.05) is 0 Å². The minimum absolute atomic E-state index is 0.0182. The van der Waals surface area contributed by atoms with Gasteiger partial charge in [0.05, 0.1) is 18.2 Å². The van der Waals surface area contributed by atoms with Crippen LogP contribution < -0.4 is 15.4 Å². The molecule has 0 saturated carbocycles. The number of carbonyl (C=O) groups excluding carboxylic acids is 1. The topological polar surface area (TPSA) is 103 Å². The smallest absolute Gasteiger partial charge is 0.317 e. The molecule has 8 nitrogen and oxygen atoms in total. The van der Waals surface area contributed by atoms with Crippen molar-refractivity contribution >= 4 is 17.6 Å². The largest absolute Gasteiger partial charge is 0.506 e. The first-order valence-corrected chi connectivity index (χ1v) is 8.54. The molecule has 1 aliphatic heterocycles. The van der Waals surface area contributed by atoms with Crippen LogP contribution in [0.5, 0.6) is 11.5 Å². The maximum absolute atomic E-state index is 11.8. The van der Waals surface area contributed by atoms with Crippen molar-refractivity contribution in [1.29, 1.82) is 0 Å². The maximum atomic E-state index is 11.8. The molecule has 0 radical (unpaired) electrons. The van der Waals surface area contributed by atoms with Crippen molar-refractivity contribution < 1.29 is 24.5 Å². The Kier molecular flexibility index (Phi) is 8.07. The average molecular weight is 374 g/mol. The van der Waals surface area contributed by atoms with Gasteiger partial charge in [0, 0.05) is 38.8 Å². The van der Waals surface area contributed by atoms with Gasteiger partial charge >= 0.3 is 6.03 Å². The number of carbonyl (C=O) groups is 1. The minimum atomic E-state index is -0.706. The highest BCUT2D eigenvalue weighted by molar-refractivity contribution is 6.32. The van der Waals surface area contributed by atoms with Crippen LogP contribution in [-0.4, -0.2) is 79.8 Å². The summed E-state index contributed by atoms with van der Waals surface area (Å²) in [4.78, 5) is 13.6. The molecule has 4 N–H and O–H groups in total. The molecule has 1 fully saturated rings. The normalized spacial score (nSPS) is 15.7. The number of phenols is 1. The Hall–Kier alpha value is -1.74. The van der Waals surface area contributed by atoms with Gasteiger partial charge in [-0.15, -0.1) is 0 Å². The van der Waals surface area contributed by atoms with Gasteiger partial charge in [-0.2, -0.15) is 0 Å². The lowest BCUT2D eigenvalue weighted by atomic mass is 10.3. The Morgan fingerprint density at radius 3 is 2.84 bits per heavy atom. The highest BCUT2D eigenvalue weighted by atomic mass is 35.5. The Bertz CT molecular complexity index is 555. The van der Waals surface area contributed by atoms with Crippen molar-refractivity contribution in [2.75, 3.05) is 52.5 Å². The summed E-state index contributed by atoms with van der Waals surface area (Å²) in [6.45, 7) is 3.80. The summed E-state index contributed by atoms with van der Waals surface area (Å²) in [5.41, 5.74) is 0. The Morgan fingerprint density at radius 1 is 1.36 bits per heavy atom. The lowest BCUT2D eigenvalue weighted by Crippen LogP contribution is -2.47. The van der Waals surface area contributed by atoms with Gasteiger partial charge in [-0.1, -0.05) is 11.6 Å². The van der Waals surface area contributed by atoms with Crippen molar-refractivity contribution in [2.45, 2.75) is 6.10 Å². The van der Waals surface area contributed by atoms with E-state index >= 15 is 0 Å². The van der Waals surface area contributed by atoms with Crippen LogP contribution in [0.3, 0.4) is 0 Å². The molecule has 1 heterocycles. The molecule has 140 valence electrons. The molecule has 0 unspecified atom stereocenters. The van der Waals surface area contributed by atoms with Crippen LogP contribution >= 0.6 is 11.6 Å². The standard InChI is InChI=1S/C16H24ClN3O5/c17-14-9-13(1-2-15(14)22)25-11-12(21)10-18-3-4-19-16(23)20-5-7-24-8-6-20/h1-2,9,12,18,21-22H,3-8,10-11H2,(H,19,23)/t12-/m0/s1. The second kappa shape index (κ2) is 10.3. The lowest BCUT2D eigenvalue weighted by molar-refractivity contribution is 0.0532. The zero-order valence-corrected chi connectivity index (χ0v) is 14.7. The van der Waals surface area contributed by atoms with Gasteiger partial charge in [0.2, 0.25) is 0 Å². The second-order valence-corrected chi connectivity index (χ2v) is 6.02.